The summed E-state index contributed by atoms with van der Waals surface area (Å²) in [6, 6.07) is 9.66. The van der Waals surface area contributed by atoms with E-state index in [1.54, 1.807) is 12.1 Å². The Morgan fingerprint density at radius 3 is 2.62 bits per heavy atom. The van der Waals surface area contributed by atoms with E-state index in [1.807, 2.05) is 0 Å². The fraction of sp³-hybridized carbons (Fsp3) is 0.316. The molecular formula is C19H19F3N2O2. The first kappa shape index (κ1) is 18.1. The Labute approximate surface area is 149 Å². The quantitative estimate of drug-likeness (QED) is 0.774. The second-order valence-corrected chi connectivity index (χ2v) is 6.29. The summed E-state index contributed by atoms with van der Waals surface area (Å²) in [6.07, 6.45) is 1.88. The lowest BCUT2D eigenvalue weighted by Gasteiger charge is -2.16. The van der Waals surface area contributed by atoms with Crippen molar-refractivity contribution in [3.05, 3.63) is 59.4 Å². The van der Waals surface area contributed by atoms with Crippen molar-refractivity contribution in [2.24, 2.45) is 0 Å². The van der Waals surface area contributed by atoms with Crippen LogP contribution in [0.5, 0.6) is 5.75 Å². The van der Waals surface area contributed by atoms with Crippen LogP contribution in [0.3, 0.4) is 0 Å². The van der Waals surface area contributed by atoms with Crippen LogP contribution in [0.2, 0.25) is 0 Å². The van der Waals surface area contributed by atoms with Crippen LogP contribution >= 0.6 is 0 Å². The summed E-state index contributed by atoms with van der Waals surface area (Å²) in [4.78, 5) is 12.0. The molecule has 2 amide bonds. The van der Waals surface area contributed by atoms with Gasteiger partial charge in [0.05, 0.1) is 11.8 Å². The average Bonchev–Trinajstić information content (AvgIpc) is 3.39. The van der Waals surface area contributed by atoms with Gasteiger partial charge < -0.3 is 15.4 Å². The Hall–Kier alpha value is -2.70. The predicted molar refractivity (Wildman–Crippen MR) is 91.9 cm³/mol. The molecule has 0 heterocycles. The standard InChI is InChI=1S/C19H19F3N2O2/c1-19(21,22)14-6-2-3-7-15(14)24-18(25)23-11-12-5-4-8-16(17(12)20)26-13-9-10-13/h2-8,13H,9-11H2,1H3,(H2,23,24,25). The monoisotopic (exact) mass is 364 g/mol. The van der Waals surface area contributed by atoms with Crippen molar-refractivity contribution in [1.82, 2.24) is 5.32 Å². The highest BCUT2D eigenvalue weighted by molar-refractivity contribution is 5.90. The lowest BCUT2D eigenvalue weighted by molar-refractivity contribution is 0.0183. The van der Waals surface area contributed by atoms with Gasteiger partial charge in [-0.25, -0.2) is 18.0 Å². The van der Waals surface area contributed by atoms with Crippen LogP contribution in [0.4, 0.5) is 23.7 Å². The van der Waals surface area contributed by atoms with Gasteiger partial charge in [0.2, 0.25) is 0 Å². The van der Waals surface area contributed by atoms with E-state index in [4.69, 9.17) is 4.74 Å². The third-order valence-corrected chi connectivity index (χ3v) is 3.95. The molecule has 1 aliphatic rings. The van der Waals surface area contributed by atoms with Crippen molar-refractivity contribution in [3.8, 4) is 5.75 Å². The number of hydrogen-bond donors (Lipinski definition) is 2. The fourth-order valence-corrected chi connectivity index (χ4v) is 2.47. The number of hydrogen-bond acceptors (Lipinski definition) is 2. The fourth-order valence-electron chi connectivity index (χ4n) is 2.47. The van der Waals surface area contributed by atoms with Gasteiger partial charge in [-0.1, -0.05) is 30.3 Å². The van der Waals surface area contributed by atoms with Crippen LogP contribution in [-0.4, -0.2) is 12.1 Å². The maximum atomic E-state index is 14.4. The average molecular weight is 364 g/mol. The largest absolute Gasteiger partial charge is 0.487 e. The second-order valence-electron chi connectivity index (χ2n) is 6.29. The third-order valence-electron chi connectivity index (χ3n) is 3.95. The number of alkyl halides is 2. The van der Waals surface area contributed by atoms with Crippen LogP contribution in [0.15, 0.2) is 42.5 Å². The Morgan fingerprint density at radius 1 is 1.19 bits per heavy atom. The van der Waals surface area contributed by atoms with Gasteiger partial charge in [-0.05, 0) is 25.0 Å². The molecule has 3 rings (SSSR count). The Balaban J connectivity index is 1.63. The first-order valence-corrected chi connectivity index (χ1v) is 8.31. The minimum absolute atomic E-state index is 0.00351. The lowest BCUT2D eigenvalue weighted by atomic mass is 10.1. The molecule has 2 aromatic rings. The zero-order valence-electron chi connectivity index (χ0n) is 14.2. The first-order chi connectivity index (χ1) is 12.3. The molecule has 2 aromatic carbocycles. The minimum Gasteiger partial charge on any atom is -0.487 e. The molecule has 0 radical (unpaired) electrons. The van der Waals surface area contributed by atoms with Gasteiger partial charge >= 0.3 is 6.03 Å². The number of para-hydroxylation sites is 1. The maximum Gasteiger partial charge on any atom is 0.319 e. The van der Waals surface area contributed by atoms with Crippen molar-refractivity contribution in [2.75, 3.05) is 5.32 Å². The van der Waals surface area contributed by atoms with E-state index in [0.29, 0.717) is 0 Å². The van der Waals surface area contributed by atoms with Gasteiger partial charge in [0.1, 0.15) is 0 Å². The highest BCUT2D eigenvalue weighted by atomic mass is 19.3. The van der Waals surface area contributed by atoms with E-state index in [0.717, 1.165) is 19.8 Å². The zero-order chi connectivity index (χ0) is 18.7. The number of urea groups is 1. The van der Waals surface area contributed by atoms with Crippen LogP contribution < -0.4 is 15.4 Å². The van der Waals surface area contributed by atoms with Crippen LogP contribution in [0, 0.1) is 5.82 Å². The van der Waals surface area contributed by atoms with Gasteiger partial charge in [0.15, 0.2) is 11.6 Å². The molecule has 0 unspecified atom stereocenters. The number of amides is 2. The predicted octanol–water partition coefficient (Wildman–Crippen LogP) is 4.80. The maximum absolute atomic E-state index is 14.4. The summed E-state index contributed by atoms with van der Waals surface area (Å²) in [7, 11) is 0. The highest BCUT2D eigenvalue weighted by Gasteiger charge is 2.28. The molecule has 138 valence electrons. The molecule has 1 saturated carbocycles. The summed E-state index contributed by atoms with van der Waals surface area (Å²) in [5.74, 6) is -3.46. The number of ether oxygens (including phenoxy) is 1. The summed E-state index contributed by atoms with van der Waals surface area (Å²) in [5.41, 5.74) is -0.0302. The van der Waals surface area contributed by atoms with Gasteiger partial charge in [-0.15, -0.1) is 0 Å². The SMILES string of the molecule is CC(F)(F)c1ccccc1NC(=O)NCc1cccc(OC2CC2)c1F. The summed E-state index contributed by atoms with van der Waals surface area (Å²) >= 11 is 0. The number of anilines is 1. The minimum atomic E-state index is -3.09. The number of nitrogens with one attached hydrogen (secondary N) is 2. The highest BCUT2D eigenvalue weighted by Crippen LogP contribution is 2.33. The molecule has 0 saturated heterocycles. The van der Waals surface area contributed by atoms with Crippen molar-refractivity contribution in [1.29, 1.82) is 0 Å². The van der Waals surface area contributed by atoms with Gasteiger partial charge in [0, 0.05) is 24.6 Å². The number of carbonyl (C=O) groups is 1. The second kappa shape index (κ2) is 7.27. The van der Waals surface area contributed by atoms with E-state index >= 15 is 0 Å². The Bertz CT molecular complexity index is 802. The third kappa shape index (κ3) is 4.47. The van der Waals surface area contributed by atoms with E-state index < -0.39 is 17.8 Å². The molecule has 7 heteroatoms. The van der Waals surface area contributed by atoms with E-state index in [1.165, 1.54) is 30.3 Å². The van der Waals surface area contributed by atoms with Crippen molar-refractivity contribution >= 4 is 11.7 Å². The molecule has 4 nitrogen and oxygen atoms in total. The molecule has 0 bridgehead atoms. The van der Waals surface area contributed by atoms with E-state index in [2.05, 4.69) is 10.6 Å². The molecule has 2 N–H and O–H groups in total. The van der Waals surface area contributed by atoms with Crippen LogP contribution in [0.1, 0.15) is 30.9 Å². The summed E-state index contributed by atoms with van der Waals surface area (Å²) in [6.45, 7) is 0.663. The van der Waals surface area contributed by atoms with E-state index in [-0.39, 0.29) is 35.2 Å². The summed E-state index contributed by atoms with van der Waals surface area (Å²) < 4.78 is 47.0. The Kier molecular flexibility index (Phi) is 5.06. The molecule has 0 spiro atoms. The molecule has 0 aromatic heterocycles. The van der Waals surface area contributed by atoms with E-state index in [9.17, 15) is 18.0 Å². The lowest BCUT2D eigenvalue weighted by Crippen LogP contribution is -2.29. The Morgan fingerprint density at radius 2 is 1.92 bits per heavy atom. The van der Waals surface area contributed by atoms with Crippen LogP contribution in [0.25, 0.3) is 0 Å². The van der Waals surface area contributed by atoms with Crippen LogP contribution in [-0.2, 0) is 12.5 Å². The molecule has 1 aliphatic carbocycles. The number of rotatable bonds is 6. The normalized spacial score (nSPS) is 14.0. The van der Waals surface area contributed by atoms with Gasteiger partial charge in [-0.3, -0.25) is 0 Å². The summed E-state index contributed by atoms with van der Waals surface area (Å²) in [5, 5.41) is 4.85. The molecule has 0 atom stereocenters. The van der Waals surface area contributed by atoms with Gasteiger partial charge in [0.25, 0.3) is 5.92 Å². The zero-order valence-corrected chi connectivity index (χ0v) is 14.2. The first-order valence-electron chi connectivity index (χ1n) is 8.31. The molecular weight excluding hydrogens is 345 g/mol. The topological polar surface area (TPSA) is 50.4 Å². The molecule has 1 fully saturated rings. The molecule has 0 aliphatic heterocycles. The van der Waals surface area contributed by atoms with Crippen molar-refractivity contribution in [2.45, 2.75) is 38.3 Å². The number of carbonyl (C=O) groups excluding carboxylic acids is 1. The van der Waals surface area contributed by atoms with Crippen molar-refractivity contribution < 1.29 is 22.7 Å². The number of halogens is 3. The van der Waals surface area contributed by atoms with Gasteiger partial charge in [-0.2, -0.15) is 0 Å². The number of benzene rings is 2. The van der Waals surface area contributed by atoms with Crippen molar-refractivity contribution in [3.63, 3.8) is 0 Å². The smallest absolute Gasteiger partial charge is 0.319 e. The molecule has 26 heavy (non-hydrogen) atoms.